The van der Waals surface area contributed by atoms with Crippen LogP contribution in [0.15, 0.2) is 0 Å². The zero-order valence-corrected chi connectivity index (χ0v) is 27.9. The Bertz CT molecular complexity index is 598. The number of carbonyl (C=O) groups excluding carboxylic acids is 4. The molecule has 2 atom stereocenters. The van der Waals surface area contributed by atoms with Crippen LogP contribution in [0.4, 0.5) is 9.59 Å². The minimum absolute atomic E-state index is 0. The van der Waals surface area contributed by atoms with Crippen molar-refractivity contribution < 1.29 is 131 Å². The van der Waals surface area contributed by atoms with Gasteiger partial charge in [0.15, 0.2) is 0 Å². The number of esters is 1. The van der Waals surface area contributed by atoms with Gasteiger partial charge in [-0.05, 0) is 46.5 Å². The summed E-state index contributed by atoms with van der Waals surface area (Å²) in [6.45, 7) is 9.00. The second-order valence-electron chi connectivity index (χ2n) is 7.22. The number of hydrogen-bond donors (Lipinski definition) is 3. The summed E-state index contributed by atoms with van der Waals surface area (Å²) in [6, 6.07) is -2.17. The Morgan fingerprint density at radius 1 is 0.971 bits per heavy atom. The minimum atomic E-state index is -0.994. The Balaban J connectivity index is -0.000000350. The monoisotopic (exact) mass is 540 g/mol. The zero-order valence-electron chi connectivity index (χ0n) is 21.9. The van der Waals surface area contributed by atoms with Gasteiger partial charge < -0.3 is 39.5 Å². The van der Waals surface area contributed by atoms with Crippen LogP contribution in [0.5, 0.6) is 0 Å². The van der Waals surface area contributed by atoms with E-state index >= 15 is 0 Å². The normalized spacial score (nSPS) is 14.1. The zero-order chi connectivity index (χ0) is 21.8. The summed E-state index contributed by atoms with van der Waals surface area (Å²) in [6.07, 6.45) is 1.84. The van der Waals surface area contributed by atoms with Gasteiger partial charge in [-0.15, -0.1) is 0 Å². The fourth-order valence-corrected chi connectivity index (χ4v) is 2.76. The first-order chi connectivity index (χ1) is 13.8. The first-order valence-corrected chi connectivity index (χ1v) is 10.2. The van der Waals surface area contributed by atoms with Crippen molar-refractivity contribution in [3.63, 3.8) is 0 Å². The number of halogens is 3. The summed E-state index contributed by atoms with van der Waals surface area (Å²) in [7, 11) is 0. The maximum atomic E-state index is 12.4. The molecule has 1 aliphatic rings. The number of rotatable bonds is 10. The molecule has 1 rings (SSSR count). The van der Waals surface area contributed by atoms with Gasteiger partial charge in [0.25, 0.3) is 0 Å². The van der Waals surface area contributed by atoms with Crippen molar-refractivity contribution in [1.29, 1.82) is 0 Å². The molecule has 0 aliphatic carbocycles. The van der Waals surface area contributed by atoms with Crippen LogP contribution in [0.3, 0.4) is 0 Å². The molecule has 3 N–H and O–H groups in total. The van der Waals surface area contributed by atoms with Gasteiger partial charge in [0.05, 0.1) is 6.10 Å². The van der Waals surface area contributed by atoms with Crippen molar-refractivity contribution in [3.8, 4) is 0 Å². The van der Waals surface area contributed by atoms with Gasteiger partial charge in [-0.3, -0.25) is 9.69 Å². The Hall–Kier alpha value is 0.430. The summed E-state index contributed by atoms with van der Waals surface area (Å²) in [5.74, 6) is -1.15. The fraction of sp³-hybridized carbons (Fsp3) is 0.789. The van der Waals surface area contributed by atoms with Crippen LogP contribution < -0.4 is 119 Å². The maximum absolute atomic E-state index is 12.4. The molecule has 2 unspecified atom stereocenters. The van der Waals surface area contributed by atoms with Gasteiger partial charge in [0.1, 0.15) is 12.1 Å². The van der Waals surface area contributed by atoms with Crippen LogP contribution in [0.25, 0.3) is 0 Å². The van der Waals surface area contributed by atoms with Crippen molar-refractivity contribution in [3.05, 3.63) is 0 Å². The standard InChI is InChI=1S/C19H34N4O6.3FH.3Na/c1-5-9-21-18(26)22-14(4)17(25)29-19(27)23-11-6-8-15(23)16(24)20-10-7-12-28-13(2)3;;;;;;/h13-15H,5-12H2,1-4H3,(H,20,24)(H2,21,22,26);3*1H;;;/q;;;;3*+1/p-3. The van der Waals surface area contributed by atoms with Gasteiger partial charge in [0.2, 0.25) is 5.91 Å². The van der Waals surface area contributed by atoms with E-state index in [0.717, 1.165) is 6.42 Å². The average molecular weight is 540 g/mol. The Morgan fingerprint density at radius 3 is 2.11 bits per heavy atom. The number of hydrogen-bond acceptors (Lipinski definition) is 6. The molecule has 1 saturated heterocycles. The molecule has 0 bridgehead atoms. The summed E-state index contributed by atoms with van der Waals surface area (Å²) in [5, 5.41) is 7.76. The molecule has 35 heavy (non-hydrogen) atoms. The van der Waals surface area contributed by atoms with Crippen LogP contribution in [0.2, 0.25) is 0 Å². The second-order valence-corrected chi connectivity index (χ2v) is 7.22. The third-order valence-electron chi connectivity index (χ3n) is 4.29. The van der Waals surface area contributed by atoms with E-state index in [2.05, 4.69) is 16.0 Å². The molecule has 0 aromatic rings. The molecule has 1 aliphatic heterocycles. The molecule has 10 nitrogen and oxygen atoms in total. The van der Waals surface area contributed by atoms with Gasteiger partial charge in [-0.25, -0.2) is 14.4 Å². The van der Waals surface area contributed by atoms with E-state index < -0.39 is 30.2 Å². The number of likely N-dealkylation sites (tertiary alicyclic amines) is 1. The maximum Gasteiger partial charge on any atom is 1.00 e. The van der Waals surface area contributed by atoms with Crippen molar-refractivity contribution in [2.24, 2.45) is 0 Å². The first-order valence-electron chi connectivity index (χ1n) is 10.2. The van der Waals surface area contributed by atoms with Crippen LogP contribution >= 0.6 is 0 Å². The van der Waals surface area contributed by atoms with Gasteiger partial charge >= 0.3 is 107 Å². The Kier molecular flexibility index (Phi) is 38.1. The predicted molar refractivity (Wildman–Crippen MR) is 106 cm³/mol. The topological polar surface area (TPSA) is 126 Å². The number of nitrogens with one attached hydrogen (secondary N) is 3. The first kappa shape index (κ1) is 48.5. The van der Waals surface area contributed by atoms with Crippen molar-refractivity contribution in [2.75, 3.05) is 26.2 Å². The third-order valence-corrected chi connectivity index (χ3v) is 4.29. The number of carbonyl (C=O) groups is 4. The molecule has 0 aromatic heterocycles. The molecule has 16 heteroatoms. The summed E-state index contributed by atoms with van der Waals surface area (Å²) >= 11 is 0. The third kappa shape index (κ3) is 20.1. The van der Waals surface area contributed by atoms with E-state index in [1.807, 2.05) is 20.8 Å². The molecular formula is C19H34F3N4Na3O6. The molecule has 0 spiro atoms. The van der Waals surface area contributed by atoms with Crippen molar-refractivity contribution in [1.82, 2.24) is 20.9 Å². The number of urea groups is 1. The Morgan fingerprint density at radius 2 is 1.57 bits per heavy atom. The molecule has 4 amide bonds. The molecule has 0 radical (unpaired) electrons. The van der Waals surface area contributed by atoms with Gasteiger partial charge in [0, 0.05) is 26.2 Å². The predicted octanol–water partition coefficient (Wildman–Crippen LogP) is -16.8. The van der Waals surface area contributed by atoms with Crippen molar-refractivity contribution in [2.45, 2.75) is 71.6 Å². The SMILES string of the molecule is CCCNC(=O)NC(C)C(=O)OC(=O)N1CCCC1C(=O)NCCCOC(C)C.[F-].[F-].[F-].[Na+].[Na+].[Na+]. The average Bonchev–Trinajstić information content (AvgIpc) is 3.15. The Labute approximate surface area is 271 Å². The van der Waals surface area contributed by atoms with Crippen LogP contribution in [0.1, 0.15) is 53.4 Å². The quantitative estimate of drug-likeness (QED) is 0.109. The molecular weight excluding hydrogens is 506 g/mol. The fourth-order valence-electron chi connectivity index (χ4n) is 2.76. The number of nitrogens with zero attached hydrogens (tertiary/aromatic N) is 1. The number of amides is 4. The molecule has 0 saturated carbocycles. The van der Waals surface area contributed by atoms with E-state index in [1.165, 1.54) is 11.8 Å². The van der Waals surface area contributed by atoms with Crippen LogP contribution in [-0.4, -0.2) is 73.3 Å². The van der Waals surface area contributed by atoms with Gasteiger partial charge in [-0.2, -0.15) is 0 Å². The van der Waals surface area contributed by atoms with E-state index in [-0.39, 0.29) is 115 Å². The second kappa shape index (κ2) is 27.5. The smallest absolute Gasteiger partial charge is 1.00 e. The van der Waals surface area contributed by atoms with Crippen molar-refractivity contribution >= 4 is 24.0 Å². The van der Waals surface area contributed by atoms with Gasteiger partial charge in [-0.1, -0.05) is 6.92 Å². The largest absolute Gasteiger partial charge is 1.00 e. The van der Waals surface area contributed by atoms with Crippen LogP contribution in [0, 0.1) is 0 Å². The van der Waals surface area contributed by atoms with E-state index in [0.29, 0.717) is 45.5 Å². The molecule has 1 fully saturated rings. The molecule has 1 heterocycles. The number of ether oxygens (including phenoxy) is 2. The molecule has 0 aromatic carbocycles. The summed E-state index contributed by atoms with van der Waals surface area (Å²) < 4.78 is 10.3. The van der Waals surface area contributed by atoms with E-state index in [4.69, 9.17) is 9.47 Å². The van der Waals surface area contributed by atoms with E-state index in [1.54, 1.807) is 0 Å². The van der Waals surface area contributed by atoms with Crippen LogP contribution in [-0.2, 0) is 19.1 Å². The summed E-state index contributed by atoms with van der Waals surface area (Å²) in [5.41, 5.74) is 0. The molecule has 190 valence electrons. The minimum Gasteiger partial charge on any atom is -1.00 e. The van der Waals surface area contributed by atoms with E-state index in [9.17, 15) is 19.2 Å². The summed E-state index contributed by atoms with van der Waals surface area (Å²) in [4.78, 5) is 49.6.